The Labute approximate surface area is 163 Å². The van der Waals surface area contributed by atoms with Crippen LogP contribution in [0.15, 0.2) is 24.4 Å². The second-order valence-electron chi connectivity index (χ2n) is 7.90. The Hall–Kier alpha value is -2.45. The number of methoxy groups -OCH3 is 1. The summed E-state index contributed by atoms with van der Waals surface area (Å²) in [6.45, 7) is 2.38. The van der Waals surface area contributed by atoms with Gasteiger partial charge in [-0.05, 0) is 48.4 Å². The van der Waals surface area contributed by atoms with Crippen LogP contribution in [-0.2, 0) is 13.1 Å². The molecule has 3 aliphatic rings. The molecule has 3 N–H and O–H groups in total. The molecule has 1 saturated heterocycles. The molecule has 1 aromatic carbocycles. The number of nitrogens with one attached hydrogen (secondary N) is 3. The van der Waals surface area contributed by atoms with E-state index in [9.17, 15) is 4.39 Å². The molecule has 3 unspecified atom stereocenters. The molecular weight excluding hydrogens is 359 g/mol. The first-order valence-electron chi connectivity index (χ1n) is 9.88. The normalized spacial score (nSPS) is 26.1. The molecule has 0 spiro atoms. The van der Waals surface area contributed by atoms with Crippen LogP contribution in [0.3, 0.4) is 0 Å². The van der Waals surface area contributed by atoms with Crippen LogP contribution in [-0.4, -0.2) is 35.7 Å². The summed E-state index contributed by atoms with van der Waals surface area (Å²) in [5.74, 6) is 1.89. The minimum atomic E-state index is -0.396. The van der Waals surface area contributed by atoms with E-state index in [1.54, 1.807) is 7.11 Å². The summed E-state index contributed by atoms with van der Waals surface area (Å²) in [6.07, 6.45) is 4.37. The van der Waals surface area contributed by atoms with Gasteiger partial charge in [-0.25, -0.2) is 9.37 Å². The van der Waals surface area contributed by atoms with Gasteiger partial charge in [-0.1, -0.05) is 6.07 Å². The van der Waals surface area contributed by atoms with Gasteiger partial charge in [-0.2, -0.15) is 4.98 Å². The lowest BCUT2D eigenvalue weighted by Crippen LogP contribution is -2.39. The van der Waals surface area contributed by atoms with Gasteiger partial charge in [0.1, 0.15) is 5.75 Å². The molecule has 1 saturated carbocycles. The van der Waals surface area contributed by atoms with Crippen LogP contribution in [0.1, 0.15) is 30.4 Å². The highest BCUT2D eigenvalue weighted by atomic mass is 19.1. The topological polar surface area (TPSA) is 74.3 Å². The van der Waals surface area contributed by atoms with Crippen molar-refractivity contribution in [2.75, 3.05) is 23.9 Å². The van der Waals surface area contributed by atoms with E-state index < -0.39 is 5.82 Å². The molecule has 5 rings (SSSR count). The highest BCUT2D eigenvalue weighted by Gasteiger charge is 2.34. The number of benzene rings is 1. The molecule has 3 atom stereocenters. The zero-order valence-electron chi connectivity index (χ0n) is 15.9. The van der Waals surface area contributed by atoms with E-state index in [1.165, 1.54) is 17.3 Å². The molecule has 2 aromatic rings. The predicted molar refractivity (Wildman–Crippen MR) is 105 cm³/mol. The third-order valence-corrected chi connectivity index (χ3v) is 6.13. The van der Waals surface area contributed by atoms with E-state index in [0.29, 0.717) is 30.3 Å². The van der Waals surface area contributed by atoms with Gasteiger partial charge in [0.2, 0.25) is 5.95 Å². The van der Waals surface area contributed by atoms with Gasteiger partial charge in [-0.15, -0.1) is 0 Å². The molecule has 7 nitrogen and oxygen atoms in total. The largest absolute Gasteiger partial charge is 0.497 e. The number of halogens is 1. The molecule has 2 fully saturated rings. The molecular formula is C20H25FN6O. The highest BCUT2D eigenvalue weighted by Crippen LogP contribution is 2.31. The Balaban J connectivity index is 1.31. The van der Waals surface area contributed by atoms with E-state index in [2.05, 4.69) is 37.1 Å². The number of aromatic nitrogens is 2. The highest BCUT2D eigenvalue weighted by molar-refractivity contribution is 5.49. The summed E-state index contributed by atoms with van der Waals surface area (Å²) in [7, 11) is 1.67. The van der Waals surface area contributed by atoms with Crippen molar-refractivity contribution < 1.29 is 9.13 Å². The standard InChI is InChI=1S/C20H25FN6O/c1-28-16-4-2-12-10-27(11-14(12)7-16)20-22-9-17(21)19(25-20)24-15-3-5-18-13(6-15)8-23-26-18/h2,4,7,9,13,15,18,23,26H,3,5-6,8,10-11H2,1H3,(H,22,24,25). The number of anilines is 2. The Morgan fingerprint density at radius 2 is 2.14 bits per heavy atom. The van der Waals surface area contributed by atoms with Crippen molar-refractivity contribution in [1.82, 2.24) is 20.8 Å². The summed E-state index contributed by atoms with van der Waals surface area (Å²) in [5.41, 5.74) is 8.97. The van der Waals surface area contributed by atoms with E-state index in [-0.39, 0.29) is 6.04 Å². The SMILES string of the molecule is COc1ccc2c(c1)CN(c1ncc(F)c(NC3CCC4NNCC4C3)n1)C2. The molecule has 8 heteroatoms. The van der Waals surface area contributed by atoms with E-state index in [0.717, 1.165) is 38.1 Å². The third kappa shape index (κ3) is 3.27. The maximum atomic E-state index is 14.4. The van der Waals surface area contributed by atoms with Crippen LogP contribution >= 0.6 is 0 Å². The van der Waals surface area contributed by atoms with Gasteiger partial charge in [-0.3, -0.25) is 10.9 Å². The van der Waals surface area contributed by atoms with Crippen LogP contribution in [0.4, 0.5) is 16.2 Å². The van der Waals surface area contributed by atoms with Gasteiger partial charge >= 0.3 is 0 Å². The summed E-state index contributed by atoms with van der Waals surface area (Å²) in [6, 6.07) is 6.84. The quantitative estimate of drug-likeness (QED) is 0.746. The Morgan fingerprint density at radius 3 is 3.04 bits per heavy atom. The maximum Gasteiger partial charge on any atom is 0.228 e. The number of ether oxygens (including phenoxy) is 1. The minimum Gasteiger partial charge on any atom is -0.497 e. The maximum absolute atomic E-state index is 14.4. The van der Waals surface area contributed by atoms with E-state index in [4.69, 9.17) is 4.74 Å². The lowest BCUT2D eigenvalue weighted by atomic mass is 9.83. The average molecular weight is 384 g/mol. The van der Waals surface area contributed by atoms with Crippen LogP contribution in [0.25, 0.3) is 0 Å². The van der Waals surface area contributed by atoms with Gasteiger partial charge in [0.15, 0.2) is 11.6 Å². The molecule has 28 heavy (non-hydrogen) atoms. The predicted octanol–water partition coefficient (Wildman–Crippen LogP) is 2.20. The smallest absolute Gasteiger partial charge is 0.228 e. The third-order valence-electron chi connectivity index (χ3n) is 6.13. The summed E-state index contributed by atoms with van der Waals surface area (Å²) < 4.78 is 19.7. The van der Waals surface area contributed by atoms with Crippen molar-refractivity contribution in [2.45, 2.75) is 44.4 Å². The van der Waals surface area contributed by atoms with Crippen molar-refractivity contribution in [2.24, 2.45) is 5.92 Å². The number of hydrazine groups is 1. The first-order valence-corrected chi connectivity index (χ1v) is 9.88. The zero-order chi connectivity index (χ0) is 19.1. The lowest BCUT2D eigenvalue weighted by molar-refractivity contribution is 0.313. The lowest BCUT2D eigenvalue weighted by Gasteiger charge is -2.31. The fraction of sp³-hybridized carbons (Fsp3) is 0.500. The minimum absolute atomic E-state index is 0.236. The van der Waals surface area contributed by atoms with E-state index in [1.807, 2.05) is 12.1 Å². The molecule has 3 heterocycles. The number of hydrogen-bond donors (Lipinski definition) is 3. The Morgan fingerprint density at radius 1 is 1.25 bits per heavy atom. The Kier molecular flexibility index (Phi) is 4.52. The number of rotatable bonds is 4. The second-order valence-corrected chi connectivity index (χ2v) is 7.90. The van der Waals surface area contributed by atoms with Crippen molar-refractivity contribution in [3.05, 3.63) is 41.3 Å². The summed E-state index contributed by atoms with van der Waals surface area (Å²) in [4.78, 5) is 10.8. The van der Waals surface area contributed by atoms with Gasteiger partial charge in [0, 0.05) is 31.7 Å². The van der Waals surface area contributed by atoms with Crippen molar-refractivity contribution in [3.63, 3.8) is 0 Å². The molecule has 1 aliphatic carbocycles. The average Bonchev–Trinajstić information content (AvgIpc) is 3.35. The van der Waals surface area contributed by atoms with Gasteiger partial charge in [0.25, 0.3) is 0 Å². The monoisotopic (exact) mass is 384 g/mol. The van der Waals surface area contributed by atoms with Crippen LogP contribution in [0.2, 0.25) is 0 Å². The fourth-order valence-corrected chi connectivity index (χ4v) is 4.58. The molecule has 148 valence electrons. The zero-order valence-corrected chi connectivity index (χ0v) is 15.9. The second kappa shape index (κ2) is 7.18. The van der Waals surface area contributed by atoms with Crippen LogP contribution in [0, 0.1) is 11.7 Å². The van der Waals surface area contributed by atoms with Gasteiger partial charge in [0.05, 0.1) is 13.3 Å². The number of fused-ring (bicyclic) bond motifs is 2. The van der Waals surface area contributed by atoms with Crippen molar-refractivity contribution >= 4 is 11.8 Å². The number of hydrogen-bond acceptors (Lipinski definition) is 7. The summed E-state index contributed by atoms with van der Waals surface area (Å²) >= 11 is 0. The van der Waals surface area contributed by atoms with Gasteiger partial charge < -0.3 is 15.0 Å². The number of nitrogens with zero attached hydrogens (tertiary/aromatic N) is 3. The van der Waals surface area contributed by atoms with Crippen molar-refractivity contribution in [1.29, 1.82) is 0 Å². The molecule has 2 aliphatic heterocycles. The fourth-order valence-electron chi connectivity index (χ4n) is 4.58. The molecule has 0 bridgehead atoms. The first-order chi connectivity index (χ1) is 13.7. The van der Waals surface area contributed by atoms with E-state index >= 15 is 0 Å². The van der Waals surface area contributed by atoms with Crippen LogP contribution in [0.5, 0.6) is 5.75 Å². The summed E-state index contributed by atoms with van der Waals surface area (Å²) in [5, 5.41) is 3.34. The molecule has 0 amide bonds. The Bertz CT molecular complexity index is 878. The molecule has 1 aromatic heterocycles. The van der Waals surface area contributed by atoms with Crippen molar-refractivity contribution in [3.8, 4) is 5.75 Å². The van der Waals surface area contributed by atoms with Crippen LogP contribution < -0.4 is 25.8 Å². The molecule has 0 radical (unpaired) electrons. The first kappa shape index (κ1) is 17.6.